The van der Waals surface area contributed by atoms with Gasteiger partial charge in [0.05, 0.1) is 12.1 Å². The van der Waals surface area contributed by atoms with Gasteiger partial charge >= 0.3 is 7.82 Å². The van der Waals surface area contributed by atoms with Gasteiger partial charge in [-0.3, -0.25) is 4.52 Å². The predicted octanol–water partition coefficient (Wildman–Crippen LogP) is 2.89. The molecule has 0 saturated carbocycles. The van der Waals surface area contributed by atoms with Crippen LogP contribution in [0.4, 0.5) is 0 Å². The van der Waals surface area contributed by atoms with Crippen LogP contribution < -0.4 is 11.5 Å². The summed E-state index contributed by atoms with van der Waals surface area (Å²) < 4.78 is 21.9. The lowest BCUT2D eigenvalue weighted by molar-refractivity contribution is -0.346. The van der Waals surface area contributed by atoms with E-state index in [0.717, 1.165) is 26.2 Å². The molecule has 0 aromatic rings. The van der Waals surface area contributed by atoms with Crippen LogP contribution in [0.25, 0.3) is 0 Å². The van der Waals surface area contributed by atoms with E-state index in [4.69, 9.17) is 16.0 Å². The SMILES string of the molecule is CCCCCCCCCCCCCC(C)OP(=O)(O)OC(O)(C(N)CN)C(C)(O)O. The zero-order valence-corrected chi connectivity index (χ0v) is 19.9. The molecule has 0 amide bonds. The van der Waals surface area contributed by atoms with Crippen LogP contribution in [0, 0.1) is 0 Å². The fourth-order valence-electron chi connectivity index (χ4n) is 3.24. The second-order valence-electron chi connectivity index (χ2n) is 8.36. The quantitative estimate of drug-likeness (QED) is 0.0972. The summed E-state index contributed by atoms with van der Waals surface area (Å²) in [4.78, 5) is 9.94. The number of nitrogens with two attached hydrogens (primary N) is 2. The van der Waals surface area contributed by atoms with Crippen molar-refractivity contribution >= 4 is 7.82 Å². The van der Waals surface area contributed by atoms with Crippen molar-refractivity contribution in [1.29, 1.82) is 0 Å². The zero-order chi connectivity index (χ0) is 23.3. The molecule has 30 heavy (non-hydrogen) atoms. The normalized spacial score (nSPS) is 18.6. The lowest BCUT2D eigenvalue weighted by atomic mass is 10.00. The molecule has 0 spiro atoms. The summed E-state index contributed by atoms with van der Waals surface area (Å²) in [6, 6.07) is -1.52. The number of rotatable bonds is 19. The van der Waals surface area contributed by atoms with Gasteiger partial charge in [-0.25, -0.2) is 9.09 Å². The molecule has 10 heteroatoms. The maximum Gasteiger partial charge on any atom is 0.475 e. The lowest BCUT2D eigenvalue weighted by Gasteiger charge is -2.40. The molecule has 0 aromatic carbocycles. The Kier molecular flexibility index (Phi) is 14.8. The third kappa shape index (κ3) is 12.1. The summed E-state index contributed by atoms with van der Waals surface area (Å²) >= 11 is 0. The maximum absolute atomic E-state index is 12.2. The van der Waals surface area contributed by atoms with Crippen LogP contribution >= 0.6 is 7.82 Å². The molecular weight excluding hydrogens is 411 g/mol. The summed E-state index contributed by atoms with van der Waals surface area (Å²) in [6.07, 6.45) is 13.1. The van der Waals surface area contributed by atoms with Gasteiger partial charge in [-0.2, -0.15) is 0 Å². The van der Waals surface area contributed by atoms with Crippen LogP contribution in [0.15, 0.2) is 0 Å². The molecular formula is C20H45N2O7P. The molecule has 0 radical (unpaired) electrons. The van der Waals surface area contributed by atoms with E-state index in [2.05, 4.69) is 11.4 Å². The molecule has 0 aliphatic carbocycles. The van der Waals surface area contributed by atoms with Gasteiger partial charge in [-0.05, 0) is 20.3 Å². The number of hydrogen-bond donors (Lipinski definition) is 6. The van der Waals surface area contributed by atoms with Gasteiger partial charge in [0.25, 0.3) is 0 Å². The van der Waals surface area contributed by atoms with Gasteiger partial charge < -0.3 is 31.7 Å². The van der Waals surface area contributed by atoms with E-state index in [1.54, 1.807) is 6.92 Å². The minimum Gasteiger partial charge on any atom is -0.362 e. The van der Waals surface area contributed by atoms with Gasteiger partial charge in [0, 0.05) is 6.54 Å². The minimum absolute atomic E-state index is 0.415. The van der Waals surface area contributed by atoms with Gasteiger partial charge in [-0.1, -0.05) is 77.6 Å². The topological polar surface area (TPSA) is 168 Å². The van der Waals surface area contributed by atoms with E-state index < -0.39 is 38.1 Å². The molecule has 0 saturated heterocycles. The first-order chi connectivity index (χ1) is 13.9. The Morgan fingerprint density at radius 3 is 1.77 bits per heavy atom. The third-order valence-corrected chi connectivity index (χ3v) is 6.35. The molecule has 8 N–H and O–H groups in total. The van der Waals surface area contributed by atoms with Crippen LogP contribution in [0.5, 0.6) is 0 Å². The van der Waals surface area contributed by atoms with Crippen LogP contribution in [0.1, 0.15) is 97.8 Å². The van der Waals surface area contributed by atoms with Crippen molar-refractivity contribution in [3.8, 4) is 0 Å². The Morgan fingerprint density at radius 2 is 1.37 bits per heavy atom. The molecule has 0 bridgehead atoms. The molecule has 0 aromatic heterocycles. The van der Waals surface area contributed by atoms with Gasteiger partial charge in [0.2, 0.25) is 11.6 Å². The van der Waals surface area contributed by atoms with Crippen molar-refractivity contribution in [2.75, 3.05) is 6.54 Å². The van der Waals surface area contributed by atoms with Gasteiger partial charge in [0.15, 0.2) is 0 Å². The minimum atomic E-state index is -4.82. The summed E-state index contributed by atoms with van der Waals surface area (Å²) in [5.74, 6) is -5.89. The van der Waals surface area contributed by atoms with Gasteiger partial charge in [0.1, 0.15) is 0 Å². The summed E-state index contributed by atoms with van der Waals surface area (Å²) in [6.45, 7) is 4.19. The highest BCUT2D eigenvalue weighted by molar-refractivity contribution is 7.47. The zero-order valence-electron chi connectivity index (χ0n) is 19.0. The highest BCUT2D eigenvalue weighted by Gasteiger charge is 2.55. The monoisotopic (exact) mass is 456 g/mol. The molecule has 4 atom stereocenters. The second-order valence-corrected chi connectivity index (χ2v) is 9.69. The van der Waals surface area contributed by atoms with Crippen LogP contribution in [0.2, 0.25) is 0 Å². The van der Waals surface area contributed by atoms with Crippen molar-refractivity contribution in [2.24, 2.45) is 11.5 Å². The van der Waals surface area contributed by atoms with Crippen LogP contribution in [0.3, 0.4) is 0 Å². The van der Waals surface area contributed by atoms with Crippen molar-refractivity contribution in [1.82, 2.24) is 0 Å². The predicted molar refractivity (Wildman–Crippen MR) is 117 cm³/mol. The molecule has 0 heterocycles. The first-order valence-corrected chi connectivity index (χ1v) is 12.7. The van der Waals surface area contributed by atoms with Crippen molar-refractivity contribution in [2.45, 2.75) is 122 Å². The van der Waals surface area contributed by atoms with E-state index in [1.165, 1.54) is 51.4 Å². The number of unbranched alkanes of at least 4 members (excludes halogenated alkanes) is 10. The summed E-state index contributed by atoms with van der Waals surface area (Å²) in [5.41, 5.74) is 10.9. The van der Waals surface area contributed by atoms with E-state index in [0.29, 0.717) is 6.42 Å². The fourth-order valence-corrected chi connectivity index (χ4v) is 4.50. The largest absolute Gasteiger partial charge is 0.475 e. The number of phosphoric acid groups is 1. The highest BCUT2D eigenvalue weighted by atomic mass is 31.2. The van der Waals surface area contributed by atoms with E-state index in [9.17, 15) is 24.8 Å². The second kappa shape index (κ2) is 14.9. The average Bonchev–Trinajstić information content (AvgIpc) is 2.63. The first-order valence-electron chi connectivity index (χ1n) is 11.2. The molecule has 4 unspecified atom stereocenters. The van der Waals surface area contributed by atoms with Crippen molar-refractivity contribution in [3.05, 3.63) is 0 Å². The molecule has 0 fully saturated rings. The van der Waals surface area contributed by atoms with E-state index >= 15 is 0 Å². The number of aliphatic hydroxyl groups is 3. The Hall–Kier alpha value is -0.0900. The first kappa shape index (κ1) is 29.9. The Bertz CT molecular complexity index is 490. The summed E-state index contributed by atoms with van der Waals surface area (Å²) in [5, 5.41) is 29.7. The Balaban J connectivity index is 4.17. The summed E-state index contributed by atoms with van der Waals surface area (Å²) in [7, 11) is -4.82. The molecule has 0 aliphatic heterocycles. The standard InChI is InChI=1S/C20H45N2O7P/c1-4-5-6-7-8-9-10-11-12-13-14-15-17(2)28-30(26,27)29-20(25,18(22)16-21)19(3,23)24/h17-18,23-25H,4-16,21-22H2,1-3H3,(H,26,27). The highest BCUT2D eigenvalue weighted by Crippen LogP contribution is 2.50. The number of phosphoric ester groups is 1. The van der Waals surface area contributed by atoms with Crippen LogP contribution in [-0.4, -0.2) is 50.5 Å². The smallest absolute Gasteiger partial charge is 0.362 e. The van der Waals surface area contributed by atoms with Crippen molar-refractivity contribution in [3.63, 3.8) is 0 Å². The van der Waals surface area contributed by atoms with Crippen molar-refractivity contribution < 1.29 is 33.8 Å². The molecule has 9 nitrogen and oxygen atoms in total. The molecule has 0 aliphatic rings. The molecule has 0 rings (SSSR count). The van der Waals surface area contributed by atoms with Crippen LogP contribution in [-0.2, 0) is 13.6 Å². The average molecular weight is 457 g/mol. The Morgan fingerprint density at radius 1 is 0.933 bits per heavy atom. The number of hydrogen-bond acceptors (Lipinski definition) is 8. The maximum atomic E-state index is 12.2. The fraction of sp³-hybridized carbons (Fsp3) is 1.00. The van der Waals surface area contributed by atoms with Gasteiger partial charge in [-0.15, -0.1) is 0 Å². The van der Waals surface area contributed by atoms with E-state index in [1.807, 2.05) is 0 Å². The Labute approximate surface area is 181 Å². The lowest BCUT2D eigenvalue weighted by Crippen LogP contribution is -2.66. The molecule has 182 valence electrons. The third-order valence-electron chi connectivity index (χ3n) is 5.22. The van der Waals surface area contributed by atoms with E-state index in [-0.39, 0.29) is 0 Å².